The number of rotatable bonds is 5. The molecule has 6 nitrogen and oxygen atoms in total. The van der Waals surface area contributed by atoms with Crippen LogP contribution in [0.2, 0.25) is 0 Å². The molecule has 1 heterocycles. The number of nitrogens with two attached hydrogens (primary N) is 1. The molecule has 116 valence electrons. The van der Waals surface area contributed by atoms with Crippen LogP contribution >= 0.6 is 0 Å². The lowest BCUT2D eigenvalue weighted by atomic mass is 10.1. The Balaban J connectivity index is 1.73. The van der Waals surface area contributed by atoms with Crippen LogP contribution in [0.15, 0.2) is 30.3 Å². The van der Waals surface area contributed by atoms with Crippen molar-refractivity contribution >= 4 is 16.1 Å². The first kappa shape index (κ1) is 15.9. The van der Waals surface area contributed by atoms with Crippen molar-refractivity contribution in [3.63, 3.8) is 0 Å². The van der Waals surface area contributed by atoms with Gasteiger partial charge in [-0.25, -0.2) is 5.14 Å². The molecule has 21 heavy (non-hydrogen) atoms. The molecule has 1 amide bonds. The molecule has 0 unspecified atom stereocenters. The number of piperazine rings is 1. The van der Waals surface area contributed by atoms with Crippen LogP contribution in [0.25, 0.3) is 0 Å². The maximum absolute atomic E-state index is 12.1. The number of carbonyl (C=O) groups is 1. The molecule has 1 saturated heterocycles. The molecule has 1 aromatic carbocycles. The lowest BCUT2D eigenvalue weighted by molar-refractivity contribution is -0.132. The summed E-state index contributed by atoms with van der Waals surface area (Å²) >= 11 is 0. The molecular weight excluding hydrogens is 290 g/mol. The number of hydrogen-bond donors (Lipinski definition) is 1. The summed E-state index contributed by atoms with van der Waals surface area (Å²) in [5.74, 6) is 0.0833. The molecule has 0 aromatic heterocycles. The highest BCUT2D eigenvalue weighted by molar-refractivity contribution is 7.86. The highest BCUT2D eigenvalue weighted by Gasteiger charge is 2.25. The SMILES string of the molecule is NS(=O)(=O)N1CCN(C(=O)CCCc2ccccc2)CC1. The Bertz CT molecular complexity index is 566. The van der Waals surface area contributed by atoms with E-state index in [9.17, 15) is 13.2 Å². The second kappa shape index (κ2) is 7.02. The second-order valence-corrected chi connectivity index (χ2v) is 6.71. The zero-order valence-corrected chi connectivity index (χ0v) is 12.8. The minimum atomic E-state index is -3.63. The Kier molecular flexibility index (Phi) is 5.33. The first-order valence-corrected chi connectivity index (χ1v) is 8.57. The molecule has 1 aliphatic heterocycles. The van der Waals surface area contributed by atoms with Crippen molar-refractivity contribution in [2.24, 2.45) is 5.14 Å². The standard InChI is InChI=1S/C14H21N3O3S/c15-21(19,20)17-11-9-16(10-12-17)14(18)8-4-7-13-5-2-1-3-6-13/h1-3,5-6H,4,7-12H2,(H2,15,19,20). The molecule has 0 saturated carbocycles. The Labute approximate surface area is 125 Å². The smallest absolute Gasteiger partial charge is 0.277 e. The molecule has 2 N–H and O–H groups in total. The molecule has 7 heteroatoms. The van der Waals surface area contributed by atoms with E-state index in [1.165, 1.54) is 9.87 Å². The third kappa shape index (κ3) is 4.80. The van der Waals surface area contributed by atoms with Crippen LogP contribution in [-0.4, -0.2) is 49.7 Å². The largest absolute Gasteiger partial charge is 0.340 e. The van der Waals surface area contributed by atoms with Gasteiger partial charge in [-0.3, -0.25) is 4.79 Å². The second-order valence-electron chi connectivity index (χ2n) is 5.16. The van der Waals surface area contributed by atoms with Crippen molar-refractivity contribution in [2.75, 3.05) is 26.2 Å². The summed E-state index contributed by atoms with van der Waals surface area (Å²) in [7, 11) is -3.63. The summed E-state index contributed by atoms with van der Waals surface area (Å²) in [6, 6.07) is 10.1. The highest BCUT2D eigenvalue weighted by Crippen LogP contribution is 2.09. The molecule has 0 aliphatic carbocycles. The van der Waals surface area contributed by atoms with Gasteiger partial charge in [0.15, 0.2) is 0 Å². The van der Waals surface area contributed by atoms with Crippen LogP contribution in [0.5, 0.6) is 0 Å². The van der Waals surface area contributed by atoms with Gasteiger partial charge >= 0.3 is 0 Å². The lowest BCUT2D eigenvalue weighted by Gasteiger charge is -2.33. The maximum Gasteiger partial charge on any atom is 0.277 e. The van der Waals surface area contributed by atoms with Gasteiger partial charge in [0.2, 0.25) is 5.91 Å². The maximum atomic E-state index is 12.1. The molecule has 2 rings (SSSR count). The van der Waals surface area contributed by atoms with Crippen LogP contribution < -0.4 is 5.14 Å². The van der Waals surface area contributed by atoms with Crippen LogP contribution in [-0.2, 0) is 21.4 Å². The topological polar surface area (TPSA) is 83.7 Å². The predicted octanol–water partition coefficient (Wildman–Crippen LogP) is 0.357. The summed E-state index contributed by atoms with van der Waals surface area (Å²) in [5.41, 5.74) is 1.23. The monoisotopic (exact) mass is 311 g/mol. The van der Waals surface area contributed by atoms with E-state index in [1.54, 1.807) is 4.90 Å². The molecule has 0 spiro atoms. The van der Waals surface area contributed by atoms with E-state index in [0.717, 1.165) is 12.8 Å². The highest BCUT2D eigenvalue weighted by atomic mass is 32.2. The first-order valence-electron chi connectivity index (χ1n) is 7.06. The van der Waals surface area contributed by atoms with Gasteiger partial charge in [-0.2, -0.15) is 12.7 Å². The van der Waals surface area contributed by atoms with Crippen LogP contribution in [0.3, 0.4) is 0 Å². The number of amides is 1. The van der Waals surface area contributed by atoms with Gasteiger partial charge in [0.25, 0.3) is 10.2 Å². The van der Waals surface area contributed by atoms with E-state index < -0.39 is 10.2 Å². The first-order chi connectivity index (χ1) is 9.97. The van der Waals surface area contributed by atoms with Crippen molar-refractivity contribution in [2.45, 2.75) is 19.3 Å². The van der Waals surface area contributed by atoms with Crippen LogP contribution in [0, 0.1) is 0 Å². The Hall–Kier alpha value is -1.44. The Morgan fingerprint density at radius 2 is 1.71 bits per heavy atom. The normalized spacial score (nSPS) is 16.9. The van der Waals surface area contributed by atoms with Gasteiger partial charge in [0.05, 0.1) is 0 Å². The summed E-state index contributed by atoms with van der Waals surface area (Å²) in [6.45, 7) is 1.40. The quantitative estimate of drug-likeness (QED) is 0.852. The Morgan fingerprint density at radius 3 is 2.29 bits per heavy atom. The summed E-state index contributed by atoms with van der Waals surface area (Å²) < 4.78 is 23.6. The average molecular weight is 311 g/mol. The van der Waals surface area contributed by atoms with Gasteiger partial charge in [-0.15, -0.1) is 0 Å². The van der Waals surface area contributed by atoms with E-state index in [0.29, 0.717) is 19.5 Å². The molecule has 1 fully saturated rings. The van der Waals surface area contributed by atoms with Gasteiger partial charge in [-0.05, 0) is 18.4 Å². The van der Waals surface area contributed by atoms with E-state index in [4.69, 9.17) is 5.14 Å². The zero-order valence-electron chi connectivity index (χ0n) is 11.9. The van der Waals surface area contributed by atoms with Gasteiger partial charge in [0.1, 0.15) is 0 Å². The van der Waals surface area contributed by atoms with Crippen LogP contribution in [0.4, 0.5) is 0 Å². The number of carbonyl (C=O) groups excluding carboxylic acids is 1. The summed E-state index contributed by atoms with van der Waals surface area (Å²) in [5, 5.41) is 5.07. The van der Waals surface area contributed by atoms with E-state index in [2.05, 4.69) is 12.1 Å². The fraction of sp³-hybridized carbons (Fsp3) is 0.500. The molecule has 1 aliphatic rings. The fourth-order valence-electron chi connectivity index (χ4n) is 2.44. The van der Waals surface area contributed by atoms with Gasteiger partial charge in [0, 0.05) is 32.6 Å². The minimum absolute atomic E-state index is 0.0833. The fourth-order valence-corrected chi connectivity index (χ4v) is 3.11. The third-order valence-electron chi connectivity index (χ3n) is 3.65. The van der Waals surface area contributed by atoms with E-state index >= 15 is 0 Å². The molecule has 0 bridgehead atoms. The lowest BCUT2D eigenvalue weighted by Crippen LogP contribution is -2.52. The average Bonchev–Trinajstić information content (AvgIpc) is 2.47. The van der Waals surface area contributed by atoms with Crippen molar-refractivity contribution in [1.82, 2.24) is 9.21 Å². The van der Waals surface area contributed by atoms with E-state index in [1.807, 2.05) is 18.2 Å². The van der Waals surface area contributed by atoms with Crippen LogP contribution in [0.1, 0.15) is 18.4 Å². The molecule has 0 atom stereocenters. The van der Waals surface area contributed by atoms with E-state index in [-0.39, 0.29) is 19.0 Å². The van der Waals surface area contributed by atoms with Gasteiger partial charge in [-0.1, -0.05) is 30.3 Å². The molecule has 0 radical (unpaired) electrons. The number of aryl methyl sites for hydroxylation is 1. The van der Waals surface area contributed by atoms with Crippen molar-refractivity contribution in [3.8, 4) is 0 Å². The summed E-state index contributed by atoms with van der Waals surface area (Å²) in [4.78, 5) is 13.8. The molecule has 1 aromatic rings. The minimum Gasteiger partial charge on any atom is -0.340 e. The number of hydrogen-bond acceptors (Lipinski definition) is 3. The van der Waals surface area contributed by atoms with Crippen molar-refractivity contribution in [3.05, 3.63) is 35.9 Å². The summed E-state index contributed by atoms with van der Waals surface area (Å²) in [6.07, 6.45) is 2.17. The predicted molar refractivity (Wildman–Crippen MR) is 80.6 cm³/mol. The van der Waals surface area contributed by atoms with Crippen molar-refractivity contribution < 1.29 is 13.2 Å². The third-order valence-corrected chi connectivity index (χ3v) is 4.74. The van der Waals surface area contributed by atoms with Gasteiger partial charge < -0.3 is 4.90 Å². The zero-order chi connectivity index (χ0) is 15.3. The molecular formula is C14H21N3O3S. The number of nitrogens with zero attached hydrogens (tertiary/aromatic N) is 2. The number of benzene rings is 1. The van der Waals surface area contributed by atoms with Crippen molar-refractivity contribution in [1.29, 1.82) is 0 Å². The Morgan fingerprint density at radius 1 is 1.10 bits per heavy atom.